The van der Waals surface area contributed by atoms with Gasteiger partial charge in [0.15, 0.2) is 0 Å². The van der Waals surface area contributed by atoms with Gasteiger partial charge in [-0.15, -0.1) is 0 Å². The second kappa shape index (κ2) is 10.1. The topological polar surface area (TPSA) is 7.65 Å². The van der Waals surface area contributed by atoms with Gasteiger partial charge in [-0.25, -0.2) is 4.39 Å². The number of para-hydroxylation sites is 2. The van der Waals surface area contributed by atoms with Crippen LogP contribution in [0.2, 0.25) is 0 Å². The SMILES string of the molecule is Fc1ccc(N(c2ccc(-c3ccccc3)cc2)c2ccc(-c3ccc4c5cccc6c7ccccc7n(c4c3)c65)cc2)cc1. The first-order valence-electron chi connectivity index (χ1n) is 15.2. The predicted octanol–water partition coefficient (Wildman–Crippen LogP) is 11.8. The Labute approximate surface area is 260 Å². The first-order valence-corrected chi connectivity index (χ1v) is 15.2. The third-order valence-electron chi connectivity index (χ3n) is 9.00. The minimum absolute atomic E-state index is 0.250. The molecule has 9 aromatic rings. The van der Waals surface area contributed by atoms with Crippen LogP contribution in [0.5, 0.6) is 0 Å². The molecule has 0 unspecified atom stereocenters. The van der Waals surface area contributed by atoms with Crippen molar-refractivity contribution in [2.24, 2.45) is 0 Å². The maximum absolute atomic E-state index is 13.9. The van der Waals surface area contributed by atoms with Crippen LogP contribution in [0.4, 0.5) is 21.5 Å². The maximum Gasteiger partial charge on any atom is 0.123 e. The summed E-state index contributed by atoms with van der Waals surface area (Å²) in [6, 6.07) is 56.3. The Kier molecular flexibility index (Phi) is 5.72. The highest BCUT2D eigenvalue weighted by Crippen LogP contribution is 2.41. The minimum atomic E-state index is -0.250. The fourth-order valence-electron chi connectivity index (χ4n) is 6.88. The van der Waals surface area contributed by atoms with Crippen LogP contribution in [0.1, 0.15) is 0 Å². The van der Waals surface area contributed by atoms with Gasteiger partial charge in [-0.05, 0) is 82.9 Å². The van der Waals surface area contributed by atoms with Gasteiger partial charge in [0.05, 0.1) is 16.6 Å². The molecule has 2 nitrogen and oxygen atoms in total. The maximum atomic E-state index is 13.9. The number of rotatable bonds is 5. The Hall–Kier alpha value is -5.93. The second-order valence-electron chi connectivity index (χ2n) is 11.6. The molecule has 212 valence electrons. The lowest BCUT2D eigenvalue weighted by Crippen LogP contribution is -2.09. The number of hydrogen-bond acceptors (Lipinski definition) is 1. The highest BCUT2D eigenvalue weighted by Gasteiger charge is 2.18. The van der Waals surface area contributed by atoms with E-state index in [-0.39, 0.29) is 5.82 Å². The van der Waals surface area contributed by atoms with E-state index in [1.54, 1.807) is 0 Å². The van der Waals surface area contributed by atoms with E-state index in [9.17, 15) is 4.39 Å². The Morgan fingerprint density at radius 2 is 0.867 bits per heavy atom. The molecule has 0 bridgehead atoms. The zero-order valence-electron chi connectivity index (χ0n) is 24.4. The molecule has 0 amide bonds. The molecule has 0 aliphatic rings. The van der Waals surface area contributed by atoms with Crippen LogP contribution in [-0.4, -0.2) is 4.40 Å². The third kappa shape index (κ3) is 4.09. The summed E-state index contributed by atoms with van der Waals surface area (Å²) in [5, 5.41) is 5.13. The third-order valence-corrected chi connectivity index (χ3v) is 9.00. The van der Waals surface area contributed by atoms with Crippen LogP contribution in [-0.2, 0) is 0 Å². The summed E-state index contributed by atoms with van der Waals surface area (Å²) < 4.78 is 16.4. The van der Waals surface area contributed by atoms with E-state index in [0.717, 1.165) is 28.2 Å². The molecule has 0 aliphatic carbocycles. The van der Waals surface area contributed by atoms with Gasteiger partial charge in [0, 0.05) is 38.6 Å². The highest BCUT2D eigenvalue weighted by molar-refractivity contribution is 6.23. The lowest BCUT2D eigenvalue weighted by molar-refractivity contribution is 0.628. The fraction of sp³-hybridized carbons (Fsp3) is 0. The Morgan fingerprint density at radius 1 is 0.378 bits per heavy atom. The Bertz CT molecular complexity index is 2460. The van der Waals surface area contributed by atoms with Crippen molar-refractivity contribution in [3.05, 3.63) is 170 Å². The molecule has 0 fully saturated rings. The van der Waals surface area contributed by atoms with Gasteiger partial charge in [0.25, 0.3) is 0 Å². The van der Waals surface area contributed by atoms with Crippen LogP contribution in [0.15, 0.2) is 164 Å². The lowest BCUT2D eigenvalue weighted by atomic mass is 10.0. The van der Waals surface area contributed by atoms with Crippen molar-refractivity contribution < 1.29 is 4.39 Å². The van der Waals surface area contributed by atoms with Crippen LogP contribution in [0.25, 0.3) is 60.3 Å². The lowest BCUT2D eigenvalue weighted by Gasteiger charge is -2.26. The zero-order chi connectivity index (χ0) is 29.9. The molecule has 0 spiro atoms. The van der Waals surface area contributed by atoms with E-state index in [1.807, 2.05) is 18.2 Å². The molecule has 9 rings (SSSR count). The number of fused-ring (bicyclic) bond motifs is 6. The van der Waals surface area contributed by atoms with Gasteiger partial charge >= 0.3 is 0 Å². The monoisotopic (exact) mass is 578 g/mol. The number of anilines is 3. The molecule has 0 saturated heterocycles. The summed E-state index contributed by atoms with van der Waals surface area (Å²) in [6.07, 6.45) is 0. The van der Waals surface area contributed by atoms with Gasteiger partial charge in [-0.2, -0.15) is 0 Å². The van der Waals surface area contributed by atoms with E-state index in [0.29, 0.717) is 0 Å². The molecule has 0 aliphatic heterocycles. The molecule has 0 N–H and O–H groups in total. The smallest absolute Gasteiger partial charge is 0.123 e. The second-order valence-corrected chi connectivity index (χ2v) is 11.6. The van der Waals surface area contributed by atoms with E-state index >= 15 is 0 Å². The highest BCUT2D eigenvalue weighted by atomic mass is 19.1. The first-order chi connectivity index (χ1) is 22.2. The number of aromatic nitrogens is 1. The Morgan fingerprint density at radius 3 is 1.53 bits per heavy atom. The molecule has 7 aromatic carbocycles. The van der Waals surface area contributed by atoms with E-state index in [1.165, 1.54) is 61.4 Å². The van der Waals surface area contributed by atoms with Gasteiger partial charge in [0.1, 0.15) is 5.82 Å². The quantitative estimate of drug-likeness (QED) is 0.197. The van der Waals surface area contributed by atoms with Crippen LogP contribution >= 0.6 is 0 Å². The number of nitrogens with zero attached hydrogens (tertiary/aromatic N) is 2. The average Bonchev–Trinajstić information content (AvgIpc) is 3.62. The summed E-state index contributed by atoms with van der Waals surface area (Å²) in [5.41, 5.74) is 11.3. The number of hydrogen-bond donors (Lipinski definition) is 0. The molecular formula is C42H27FN2. The van der Waals surface area contributed by atoms with E-state index in [4.69, 9.17) is 0 Å². The normalized spacial score (nSPS) is 11.7. The average molecular weight is 579 g/mol. The molecule has 0 atom stereocenters. The summed E-state index contributed by atoms with van der Waals surface area (Å²) >= 11 is 0. The zero-order valence-corrected chi connectivity index (χ0v) is 24.4. The van der Waals surface area contributed by atoms with Crippen molar-refractivity contribution in [1.29, 1.82) is 0 Å². The van der Waals surface area contributed by atoms with Crippen LogP contribution in [0, 0.1) is 5.82 Å². The van der Waals surface area contributed by atoms with Gasteiger partial charge in [0.2, 0.25) is 0 Å². The Balaban J connectivity index is 1.13. The molecule has 45 heavy (non-hydrogen) atoms. The molecule has 3 heteroatoms. The van der Waals surface area contributed by atoms with Crippen LogP contribution in [0.3, 0.4) is 0 Å². The standard InChI is InChI=1S/C42H27FN2/c43-32-18-24-35(25-19-32)44(33-20-13-29(14-21-33)28-7-2-1-3-8-28)34-22-15-30(16-23-34)31-17-26-37-39-11-6-10-38-36-9-4-5-12-40(36)45(42(38)39)41(37)27-31/h1-27H. The first kappa shape index (κ1) is 25.6. The summed E-state index contributed by atoms with van der Waals surface area (Å²) in [7, 11) is 0. The van der Waals surface area contributed by atoms with Crippen molar-refractivity contribution >= 4 is 55.2 Å². The van der Waals surface area contributed by atoms with Crippen molar-refractivity contribution in [2.45, 2.75) is 0 Å². The molecule has 0 radical (unpaired) electrons. The van der Waals surface area contributed by atoms with Gasteiger partial charge in [-0.1, -0.05) is 103 Å². The van der Waals surface area contributed by atoms with Crippen molar-refractivity contribution in [1.82, 2.24) is 4.40 Å². The summed E-state index contributed by atoms with van der Waals surface area (Å²) in [5.74, 6) is -0.250. The molecule has 2 aromatic heterocycles. The largest absolute Gasteiger partial charge is 0.311 e. The molecular weight excluding hydrogens is 551 g/mol. The number of halogens is 1. The molecule has 0 saturated carbocycles. The summed E-state index contributed by atoms with van der Waals surface area (Å²) in [6.45, 7) is 0. The van der Waals surface area contributed by atoms with Gasteiger partial charge < -0.3 is 9.30 Å². The fourth-order valence-corrected chi connectivity index (χ4v) is 6.88. The summed E-state index contributed by atoms with van der Waals surface area (Å²) in [4.78, 5) is 2.17. The predicted molar refractivity (Wildman–Crippen MR) is 187 cm³/mol. The molecule has 2 heterocycles. The van der Waals surface area contributed by atoms with Crippen LogP contribution < -0.4 is 4.90 Å². The van der Waals surface area contributed by atoms with Crippen molar-refractivity contribution in [3.8, 4) is 22.3 Å². The minimum Gasteiger partial charge on any atom is -0.311 e. The van der Waals surface area contributed by atoms with E-state index in [2.05, 4.69) is 143 Å². The van der Waals surface area contributed by atoms with Crippen molar-refractivity contribution in [3.63, 3.8) is 0 Å². The number of benzene rings is 7. The van der Waals surface area contributed by atoms with Crippen molar-refractivity contribution in [2.75, 3.05) is 4.90 Å². The van der Waals surface area contributed by atoms with Gasteiger partial charge in [-0.3, -0.25) is 0 Å². The van der Waals surface area contributed by atoms with E-state index < -0.39 is 0 Å².